The van der Waals surface area contributed by atoms with Gasteiger partial charge in [-0.15, -0.1) is 0 Å². The Morgan fingerprint density at radius 3 is 2.42 bits per heavy atom. The number of nitro benzene ring substituents is 1. The molecular weight excluding hydrogens is 420 g/mol. The Kier molecular flexibility index (Phi) is 6.66. The van der Waals surface area contributed by atoms with Crippen LogP contribution in [0.5, 0.6) is 5.75 Å². The minimum Gasteiger partial charge on any atom is -0.379 e. The van der Waals surface area contributed by atoms with E-state index >= 15 is 0 Å². The SMILES string of the molecule is Cc1ccccc1CCNC(=O)c1ccc(OS(=O)(=O)c2cccc([N+](=O)[O-])c2)cc1. The van der Waals surface area contributed by atoms with Crippen molar-refractivity contribution in [2.75, 3.05) is 6.54 Å². The quantitative estimate of drug-likeness (QED) is 0.325. The van der Waals surface area contributed by atoms with Crippen LogP contribution in [-0.4, -0.2) is 25.8 Å². The summed E-state index contributed by atoms with van der Waals surface area (Å²) in [7, 11) is -4.26. The van der Waals surface area contributed by atoms with Crippen molar-refractivity contribution in [1.29, 1.82) is 0 Å². The summed E-state index contributed by atoms with van der Waals surface area (Å²) in [6.45, 7) is 2.47. The van der Waals surface area contributed by atoms with Gasteiger partial charge in [-0.25, -0.2) is 0 Å². The Morgan fingerprint density at radius 2 is 1.74 bits per heavy atom. The van der Waals surface area contributed by atoms with E-state index in [1.165, 1.54) is 42.5 Å². The number of benzene rings is 3. The van der Waals surface area contributed by atoms with Gasteiger partial charge >= 0.3 is 10.1 Å². The molecule has 0 saturated carbocycles. The fourth-order valence-corrected chi connectivity index (χ4v) is 3.86. The van der Waals surface area contributed by atoms with Crippen molar-refractivity contribution in [3.63, 3.8) is 0 Å². The van der Waals surface area contributed by atoms with Gasteiger partial charge in [-0.3, -0.25) is 14.9 Å². The molecule has 0 aliphatic rings. The zero-order valence-corrected chi connectivity index (χ0v) is 17.5. The van der Waals surface area contributed by atoms with E-state index in [9.17, 15) is 23.3 Å². The lowest BCUT2D eigenvalue weighted by atomic mass is 10.1. The van der Waals surface area contributed by atoms with Crippen molar-refractivity contribution in [3.05, 3.63) is 99.6 Å². The van der Waals surface area contributed by atoms with Gasteiger partial charge in [0.2, 0.25) is 0 Å². The third kappa shape index (κ3) is 5.67. The summed E-state index contributed by atoms with van der Waals surface area (Å²) in [6, 6.07) is 18.1. The highest BCUT2D eigenvalue weighted by atomic mass is 32.2. The summed E-state index contributed by atoms with van der Waals surface area (Å²) < 4.78 is 29.8. The number of non-ortho nitro benzene ring substituents is 1. The molecule has 0 aliphatic heterocycles. The third-order valence-electron chi connectivity index (χ3n) is 4.58. The number of amides is 1. The van der Waals surface area contributed by atoms with Crippen LogP contribution in [0.1, 0.15) is 21.5 Å². The highest BCUT2D eigenvalue weighted by Crippen LogP contribution is 2.22. The van der Waals surface area contributed by atoms with Crippen LogP contribution in [0.25, 0.3) is 0 Å². The number of nitrogens with one attached hydrogen (secondary N) is 1. The van der Waals surface area contributed by atoms with Crippen LogP contribution >= 0.6 is 0 Å². The number of aryl methyl sites for hydroxylation is 1. The molecule has 0 radical (unpaired) electrons. The van der Waals surface area contributed by atoms with Crippen LogP contribution in [0.4, 0.5) is 5.69 Å². The minimum atomic E-state index is -4.26. The lowest BCUT2D eigenvalue weighted by molar-refractivity contribution is -0.385. The van der Waals surface area contributed by atoms with Gasteiger partial charge in [0, 0.05) is 24.2 Å². The molecule has 0 fully saturated rings. The van der Waals surface area contributed by atoms with Gasteiger partial charge in [0.15, 0.2) is 0 Å². The van der Waals surface area contributed by atoms with Gasteiger partial charge in [0.1, 0.15) is 10.6 Å². The summed E-state index contributed by atoms with van der Waals surface area (Å²) in [5.41, 5.74) is 2.30. The van der Waals surface area contributed by atoms with Crippen molar-refractivity contribution in [2.24, 2.45) is 0 Å². The van der Waals surface area contributed by atoms with E-state index in [4.69, 9.17) is 4.18 Å². The molecule has 0 bridgehead atoms. The highest BCUT2D eigenvalue weighted by Gasteiger charge is 2.20. The Bertz CT molecular complexity index is 1210. The van der Waals surface area contributed by atoms with Crippen LogP contribution in [0.2, 0.25) is 0 Å². The lowest BCUT2D eigenvalue weighted by Gasteiger charge is -2.09. The van der Waals surface area contributed by atoms with Crippen molar-refractivity contribution < 1.29 is 22.3 Å². The molecule has 0 aliphatic carbocycles. The van der Waals surface area contributed by atoms with Crippen LogP contribution in [0.15, 0.2) is 77.7 Å². The number of nitrogens with zero attached hydrogens (tertiary/aromatic N) is 1. The predicted octanol–water partition coefficient (Wildman–Crippen LogP) is 3.64. The molecule has 1 amide bonds. The molecule has 0 spiro atoms. The summed E-state index contributed by atoms with van der Waals surface area (Å²) in [5.74, 6) is -0.301. The van der Waals surface area contributed by atoms with Gasteiger partial charge < -0.3 is 9.50 Å². The van der Waals surface area contributed by atoms with Crippen LogP contribution in [0.3, 0.4) is 0 Å². The maximum absolute atomic E-state index is 12.4. The molecule has 3 aromatic rings. The Morgan fingerprint density at radius 1 is 1.03 bits per heavy atom. The average molecular weight is 440 g/mol. The number of nitro groups is 1. The molecule has 0 heterocycles. The normalized spacial score (nSPS) is 11.0. The van der Waals surface area contributed by atoms with Crippen molar-refractivity contribution in [1.82, 2.24) is 5.32 Å². The van der Waals surface area contributed by atoms with E-state index in [2.05, 4.69) is 5.32 Å². The maximum Gasteiger partial charge on any atom is 0.339 e. The topological polar surface area (TPSA) is 116 Å². The molecule has 9 heteroatoms. The molecule has 0 unspecified atom stereocenters. The van der Waals surface area contributed by atoms with E-state index in [0.29, 0.717) is 18.5 Å². The summed E-state index contributed by atoms with van der Waals surface area (Å²) in [6.07, 6.45) is 0.696. The fourth-order valence-electron chi connectivity index (χ4n) is 2.89. The average Bonchev–Trinajstić information content (AvgIpc) is 2.75. The van der Waals surface area contributed by atoms with E-state index in [0.717, 1.165) is 17.2 Å². The van der Waals surface area contributed by atoms with E-state index in [1.807, 2.05) is 31.2 Å². The molecular formula is C22H20N2O6S. The largest absolute Gasteiger partial charge is 0.379 e. The van der Waals surface area contributed by atoms with Gasteiger partial charge in [-0.2, -0.15) is 8.42 Å². The molecule has 3 rings (SSSR count). The lowest BCUT2D eigenvalue weighted by Crippen LogP contribution is -2.25. The molecule has 0 atom stereocenters. The summed E-state index contributed by atoms with van der Waals surface area (Å²) >= 11 is 0. The molecule has 3 aromatic carbocycles. The highest BCUT2D eigenvalue weighted by molar-refractivity contribution is 7.87. The van der Waals surface area contributed by atoms with Crippen LogP contribution in [0, 0.1) is 17.0 Å². The van der Waals surface area contributed by atoms with Gasteiger partial charge in [-0.05, 0) is 54.8 Å². The molecule has 1 N–H and O–H groups in total. The third-order valence-corrected chi connectivity index (χ3v) is 5.82. The molecule has 0 aromatic heterocycles. The van der Waals surface area contributed by atoms with E-state index < -0.39 is 15.0 Å². The maximum atomic E-state index is 12.4. The first-order chi connectivity index (χ1) is 14.8. The summed E-state index contributed by atoms with van der Waals surface area (Å²) in [5, 5.41) is 13.7. The molecule has 0 saturated heterocycles. The zero-order chi connectivity index (χ0) is 22.4. The molecule has 31 heavy (non-hydrogen) atoms. The second kappa shape index (κ2) is 9.40. The number of carbonyl (C=O) groups excluding carboxylic acids is 1. The van der Waals surface area contributed by atoms with Gasteiger partial charge in [-0.1, -0.05) is 30.3 Å². The van der Waals surface area contributed by atoms with Crippen molar-refractivity contribution in [2.45, 2.75) is 18.2 Å². The van der Waals surface area contributed by atoms with Gasteiger partial charge in [0.25, 0.3) is 11.6 Å². The monoisotopic (exact) mass is 440 g/mol. The summed E-state index contributed by atoms with van der Waals surface area (Å²) in [4.78, 5) is 22.1. The Labute approximate surface area is 179 Å². The zero-order valence-electron chi connectivity index (χ0n) is 16.6. The smallest absolute Gasteiger partial charge is 0.339 e. The van der Waals surface area contributed by atoms with Crippen molar-refractivity contribution in [3.8, 4) is 5.75 Å². The van der Waals surface area contributed by atoms with Crippen LogP contribution < -0.4 is 9.50 Å². The first kappa shape index (κ1) is 22.0. The predicted molar refractivity (Wildman–Crippen MR) is 115 cm³/mol. The number of carbonyl (C=O) groups is 1. The Balaban J connectivity index is 1.61. The Hall–Kier alpha value is -3.72. The molecule has 160 valence electrons. The van der Waals surface area contributed by atoms with Crippen molar-refractivity contribution >= 4 is 21.7 Å². The first-order valence-corrected chi connectivity index (χ1v) is 10.8. The fraction of sp³-hybridized carbons (Fsp3) is 0.136. The van der Waals surface area contributed by atoms with Crippen LogP contribution in [-0.2, 0) is 16.5 Å². The van der Waals surface area contributed by atoms with E-state index in [-0.39, 0.29) is 22.2 Å². The number of rotatable bonds is 8. The second-order valence-electron chi connectivity index (χ2n) is 6.75. The van der Waals surface area contributed by atoms with E-state index in [1.54, 1.807) is 0 Å². The minimum absolute atomic E-state index is 0.0111. The second-order valence-corrected chi connectivity index (χ2v) is 8.30. The molecule has 8 nitrogen and oxygen atoms in total. The first-order valence-electron chi connectivity index (χ1n) is 9.38. The van der Waals surface area contributed by atoms with Gasteiger partial charge in [0.05, 0.1) is 4.92 Å². The number of hydrogen-bond acceptors (Lipinski definition) is 6. The standard InChI is InChI=1S/C22H20N2O6S/c1-16-5-2-3-6-17(16)13-14-23-22(25)18-9-11-20(12-10-18)30-31(28,29)21-8-4-7-19(15-21)24(26)27/h2-12,15H,13-14H2,1H3,(H,23,25). The number of hydrogen-bond donors (Lipinski definition) is 1.